The van der Waals surface area contributed by atoms with Crippen LogP contribution in [0.4, 0.5) is 4.79 Å². The fourth-order valence-electron chi connectivity index (χ4n) is 2.07. The topological polar surface area (TPSA) is 96.4 Å². The number of carbonyl (C=O) groups is 3. The van der Waals surface area contributed by atoms with Crippen molar-refractivity contribution in [3.63, 3.8) is 0 Å². The second-order valence-corrected chi connectivity index (χ2v) is 6.07. The van der Waals surface area contributed by atoms with E-state index in [1.165, 1.54) is 4.90 Å². The first-order valence-corrected chi connectivity index (χ1v) is 7.32. The zero-order valence-corrected chi connectivity index (χ0v) is 13.5. The average molecular weight is 316 g/mol. The molecule has 2 amide bonds. The normalized spacial score (nSPS) is 16.1. The summed E-state index contributed by atoms with van der Waals surface area (Å²) in [6, 6.07) is -0.518. The molecule has 0 aromatic heterocycles. The molecular weight excluding hydrogens is 292 g/mol. The maximum atomic E-state index is 11.9. The van der Waals surface area contributed by atoms with Crippen molar-refractivity contribution in [2.75, 3.05) is 19.7 Å². The lowest BCUT2D eigenvalue weighted by molar-refractivity contribution is -0.190. The third-order valence-corrected chi connectivity index (χ3v) is 3.12. The molecule has 0 spiro atoms. The molecule has 0 radical (unpaired) electrons. The van der Waals surface area contributed by atoms with Crippen LogP contribution in [-0.4, -0.2) is 64.5 Å². The van der Waals surface area contributed by atoms with Gasteiger partial charge < -0.3 is 14.4 Å². The first-order valence-electron chi connectivity index (χ1n) is 7.32. The number of hydroxylamine groups is 2. The predicted molar refractivity (Wildman–Crippen MR) is 76.1 cm³/mol. The third kappa shape index (κ3) is 5.18. The number of rotatable bonds is 2. The standard InChI is InChI=1S/C14H24N2O6/c1-5-21-12(18)11(17)16(20)10-6-8-15(9-7-10)13(19)22-14(2,3)4/h10,20H,5-9H2,1-4H3. The van der Waals surface area contributed by atoms with E-state index >= 15 is 0 Å². The molecule has 8 nitrogen and oxygen atoms in total. The van der Waals surface area contributed by atoms with Crippen molar-refractivity contribution in [1.29, 1.82) is 0 Å². The Bertz CT molecular complexity index is 424. The highest BCUT2D eigenvalue weighted by molar-refractivity contribution is 6.32. The van der Waals surface area contributed by atoms with Gasteiger partial charge >= 0.3 is 18.0 Å². The molecule has 0 aliphatic carbocycles. The van der Waals surface area contributed by atoms with Crippen molar-refractivity contribution in [2.45, 2.75) is 52.2 Å². The number of piperidine rings is 1. The maximum Gasteiger partial charge on any atom is 0.410 e. The van der Waals surface area contributed by atoms with Gasteiger partial charge in [0.2, 0.25) is 0 Å². The molecule has 1 saturated heterocycles. The van der Waals surface area contributed by atoms with Gasteiger partial charge in [-0.2, -0.15) is 0 Å². The summed E-state index contributed by atoms with van der Waals surface area (Å²) in [6.07, 6.45) is 0.300. The number of ether oxygens (including phenoxy) is 2. The van der Waals surface area contributed by atoms with Gasteiger partial charge in [-0.05, 0) is 40.5 Å². The van der Waals surface area contributed by atoms with Crippen molar-refractivity contribution < 1.29 is 29.1 Å². The minimum Gasteiger partial charge on any atom is -0.459 e. The Morgan fingerprint density at radius 1 is 1.23 bits per heavy atom. The number of esters is 1. The van der Waals surface area contributed by atoms with Crippen LogP contribution in [0.3, 0.4) is 0 Å². The fraction of sp³-hybridized carbons (Fsp3) is 0.786. The molecule has 0 aromatic rings. The van der Waals surface area contributed by atoms with Gasteiger partial charge in [-0.25, -0.2) is 14.7 Å². The molecule has 0 atom stereocenters. The number of hydrogen-bond donors (Lipinski definition) is 1. The van der Waals surface area contributed by atoms with Gasteiger partial charge in [-0.15, -0.1) is 0 Å². The maximum absolute atomic E-state index is 11.9. The van der Waals surface area contributed by atoms with Crippen molar-refractivity contribution in [3.8, 4) is 0 Å². The van der Waals surface area contributed by atoms with Crippen molar-refractivity contribution >= 4 is 18.0 Å². The largest absolute Gasteiger partial charge is 0.459 e. The second-order valence-electron chi connectivity index (χ2n) is 6.07. The number of nitrogens with zero attached hydrogens (tertiary/aromatic N) is 2. The fourth-order valence-corrected chi connectivity index (χ4v) is 2.07. The van der Waals surface area contributed by atoms with Gasteiger partial charge in [-0.1, -0.05) is 0 Å². The van der Waals surface area contributed by atoms with E-state index in [1.54, 1.807) is 27.7 Å². The van der Waals surface area contributed by atoms with Crippen LogP contribution >= 0.6 is 0 Å². The Morgan fingerprint density at radius 2 is 1.77 bits per heavy atom. The van der Waals surface area contributed by atoms with Crippen LogP contribution in [0.25, 0.3) is 0 Å². The van der Waals surface area contributed by atoms with E-state index in [2.05, 4.69) is 4.74 Å². The molecule has 1 rings (SSSR count). The van der Waals surface area contributed by atoms with Crippen LogP contribution in [0.2, 0.25) is 0 Å². The summed E-state index contributed by atoms with van der Waals surface area (Å²) < 4.78 is 9.82. The number of carbonyl (C=O) groups excluding carboxylic acids is 3. The Labute approximate surface area is 129 Å². The predicted octanol–water partition coefficient (Wildman–Crippen LogP) is 1.17. The minimum atomic E-state index is -1.09. The van der Waals surface area contributed by atoms with Gasteiger partial charge in [0.05, 0.1) is 12.6 Å². The van der Waals surface area contributed by atoms with E-state index in [-0.39, 0.29) is 6.61 Å². The van der Waals surface area contributed by atoms with E-state index < -0.39 is 29.6 Å². The molecule has 8 heteroatoms. The lowest BCUT2D eigenvalue weighted by atomic mass is 10.1. The average Bonchev–Trinajstić information content (AvgIpc) is 2.44. The van der Waals surface area contributed by atoms with Crippen LogP contribution in [0.5, 0.6) is 0 Å². The van der Waals surface area contributed by atoms with Crippen LogP contribution in [0.1, 0.15) is 40.5 Å². The summed E-state index contributed by atoms with van der Waals surface area (Å²) in [5, 5.41) is 10.2. The zero-order chi connectivity index (χ0) is 16.9. The van der Waals surface area contributed by atoms with E-state index in [1.807, 2.05) is 0 Å². The molecule has 0 unspecified atom stereocenters. The molecule has 126 valence electrons. The smallest absolute Gasteiger partial charge is 0.410 e. The molecule has 1 aliphatic heterocycles. The summed E-state index contributed by atoms with van der Waals surface area (Å²) in [7, 11) is 0. The summed E-state index contributed by atoms with van der Waals surface area (Å²) in [4.78, 5) is 36.4. The summed E-state index contributed by atoms with van der Waals surface area (Å²) in [6.45, 7) is 7.67. The number of hydrogen-bond acceptors (Lipinski definition) is 6. The molecule has 1 heterocycles. The van der Waals surface area contributed by atoms with Crippen LogP contribution < -0.4 is 0 Å². The number of likely N-dealkylation sites (tertiary alicyclic amines) is 1. The highest BCUT2D eigenvalue weighted by atomic mass is 16.6. The third-order valence-electron chi connectivity index (χ3n) is 3.12. The summed E-state index contributed by atoms with van der Waals surface area (Å²) in [5.74, 6) is -2.17. The number of amides is 2. The van der Waals surface area contributed by atoms with Crippen molar-refractivity contribution in [2.24, 2.45) is 0 Å². The van der Waals surface area contributed by atoms with E-state index in [0.29, 0.717) is 31.0 Å². The first kappa shape index (κ1) is 18.2. The zero-order valence-electron chi connectivity index (χ0n) is 13.5. The van der Waals surface area contributed by atoms with E-state index in [4.69, 9.17) is 4.74 Å². The molecule has 0 aromatic carbocycles. The SMILES string of the molecule is CCOC(=O)C(=O)N(O)C1CCN(C(=O)OC(C)(C)C)CC1. The van der Waals surface area contributed by atoms with Crippen LogP contribution in [0.15, 0.2) is 0 Å². The summed E-state index contributed by atoms with van der Waals surface area (Å²) in [5.41, 5.74) is -0.573. The lowest BCUT2D eigenvalue weighted by Gasteiger charge is -2.35. The van der Waals surface area contributed by atoms with E-state index in [0.717, 1.165) is 0 Å². The van der Waals surface area contributed by atoms with Gasteiger partial charge in [0.25, 0.3) is 0 Å². The van der Waals surface area contributed by atoms with Gasteiger partial charge in [0.1, 0.15) is 5.60 Å². The van der Waals surface area contributed by atoms with Crippen molar-refractivity contribution in [1.82, 2.24) is 9.96 Å². The van der Waals surface area contributed by atoms with Gasteiger partial charge in [-0.3, -0.25) is 10.0 Å². The Balaban J connectivity index is 2.49. The highest BCUT2D eigenvalue weighted by Crippen LogP contribution is 2.18. The quantitative estimate of drug-likeness (QED) is 0.355. The second kappa shape index (κ2) is 7.44. The van der Waals surface area contributed by atoms with Gasteiger partial charge in [0.15, 0.2) is 0 Å². The Hall–Kier alpha value is -1.83. The molecule has 0 saturated carbocycles. The Kier molecular flexibility index (Phi) is 6.16. The first-order chi connectivity index (χ1) is 10.2. The molecule has 0 bridgehead atoms. The molecule has 1 fully saturated rings. The monoisotopic (exact) mass is 316 g/mol. The molecule has 1 N–H and O–H groups in total. The minimum absolute atomic E-state index is 0.0650. The molecule has 1 aliphatic rings. The molecular formula is C14H24N2O6. The Morgan fingerprint density at radius 3 is 2.23 bits per heavy atom. The highest BCUT2D eigenvalue weighted by Gasteiger charge is 2.33. The van der Waals surface area contributed by atoms with Crippen LogP contribution in [-0.2, 0) is 19.1 Å². The summed E-state index contributed by atoms with van der Waals surface area (Å²) >= 11 is 0. The van der Waals surface area contributed by atoms with E-state index in [9.17, 15) is 19.6 Å². The van der Waals surface area contributed by atoms with Crippen LogP contribution in [0, 0.1) is 0 Å². The van der Waals surface area contributed by atoms with Crippen molar-refractivity contribution in [3.05, 3.63) is 0 Å². The van der Waals surface area contributed by atoms with Gasteiger partial charge in [0, 0.05) is 13.1 Å². The lowest BCUT2D eigenvalue weighted by Crippen LogP contribution is -2.50. The molecule has 22 heavy (non-hydrogen) atoms.